The summed E-state index contributed by atoms with van der Waals surface area (Å²) in [5.74, 6) is -0.448. The lowest BCUT2D eigenvalue weighted by atomic mass is 9.73. The average Bonchev–Trinajstić information content (AvgIpc) is 2.94. The molecule has 2 fully saturated rings. The second kappa shape index (κ2) is 6.25. The van der Waals surface area contributed by atoms with E-state index in [2.05, 4.69) is 9.97 Å². The highest BCUT2D eigenvalue weighted by molar-refractivity contribution is 5.96. The van der Waals surface area contributed by atoms with E-state index < -0.39 is 11.4 Å². The minimum Gasteiger partial charge on any atom is -0.481 e. The summed E-state index contributed by atoms with van der Waals surface area (Å²) in [7, 11) is 5.62. The molecule has 0 aromatic carbocycles. The molecule has 1 aromatic rings. The highest BCUT2D eigenvalue weighted by Gasteiger charge is 2.55. The second-order valence-electron chi connectivity index (χ2n) is 7.43. The standard InChI is InChI=1S/C17H25N5O3/c1-11-13(7-18-16(19-11)20(2)3)14(23)22-8-12-5-6-21(4)9-17(12,10-22)15(24)25/h7,12H,5-6,8-10H2,1-4H3,(H,24,25)/t12-,17-/m0/s1. The lowest BCUT2D eigenvalue weighted by molar-refractivity contribution is -0.153. The number of carboxylic acids is 1. The molecule has 3 rings (SSSR count). The number of likely N-dealkylation sites (tertiary alicyclic amines) is 2. The van der Waals surface area contributed by atoms with E-state index in [4.69, 9.17) is 0 Å². The molecule has 8 heteroatoms. The van der Waals surface area contributed by atoms with Crippen LogP contribution in [0.1, 0.15) is 22.5 Å². The molecule has 25 heavy (non-hydrogen) atoms. The summed E-state index contributed by atoms with van der Waals surface area (Å²) < 4.78 is 0. The van der Waals surface area contributed by atoms with Crippen molar-refractivity contribution in [3.8, 4) is 0 Å². The summed E-state index contributed by atoms with van der Waals surface area (Å²) in [5, 5.41) is 9.84. The summed E-state index contributed by atoms with van der Waals surface area (Å²) in [6, 6.07) is 0. The largest absolute Gasteiger partial charge is 0.481 e. The Morgan fingerprint density at radius 1 is 1.36 bits per heavy atom. The zero-order valence-electron chi connectivity index (χ0n) is 15.2. The lowest BCUT2D eigenvalue weighted by Crippen LogP contribution is -2.52. The number of carbonyl (C=O) groups is 2. The van der Waals surface area contributed by atoms with E-state index in [0.29, 0.717) is 30.3 Å². The van der Waals surface area contributed by atoms with Crippen molar-refractivity contribution in [2.45, 2.75) is 13.3 Å². The fourth-order valence-electron chi connectivity index (χ4n) is 3.97. The number of hydrogen-bond acceptors (Lipinski definition) is 6. The molecule has 0 bridgehead atoms. The number of hydrogen-bond donors (Lipinski definition) is 1. The van der Waals surface area contributed by atoms with E-state index >= 15 is 0 Å². The summed E-state index contributed by atoms with van der Waals surface area (Å²) in [5.41, 5.74) is 0.180. The van der Waals surface area contributed by atoms with Crippen LogP contribution in [0.5, 0.6) is 0 Å². The Balaban J connectivity index is 1.86. The molecule has 136 valence electrons. The molecule has 0 aliphatic carbocycles. The Morgan fingerprint density at radius 3 is 2.68 bits per heavy atom. The van der Waals surface area contributed by atoms with Gasteiger partial charge in [0.15, 0.2) is 0 Å². The highest BCUT2D eigenvalue weighted by Crippen LogP contribution is 2.42. The van der Waals surface area contributed by atoms with Crippen LogP contribution in [0, 0.1) is 18.3 Å². The van der Waals surface area contributed by atoms with Gasteiger partial charge in [0.05, 0.1) is 11.3 Å². The number of rotatable bonds is 3. The number of aryl methyl sites for hydroxylation is 1. The summed E-state index contributed by atoms with van der Waals surface area (Å²) in [4.78, 5) is 39.0. The van der Waals surface area contributed by atoms with Crippen LogP contribution in [0.15, 0.2) is 6.20 Å². The molecule has 0 spiro atoms. The van der Waals surface area contributed by atoms with Gasteiger partial charge in [0.25, 0.3) is 5.91 Å². The van der Waals surface area contributed by atoms with Gasteiger partial charge in [-0.3, -0.25) is 9.59 Å². The predicted molar refractivity (Wildman–Crippen MR) is 92.7 cm³/mol. The molecule has 0 radical (unpaired) electrons. The quantitative estimate of drug-likeness (QED) is 0.843. The van der Waals surface area contributed by atoms with Gasteiger partial charge in [-0.05, 0) is 32.9 Å². The first-order chi connectivity index (χ1) is 11.7. The monoisotopic (exact) mass is 347 g/mol. The van der Waals surface area contributed by atoms with Crippen molar-refractivity contribution < 1.29 is 14.7 Å². The number of fused-ring (bicyclic) bond motifs is 1. The van der Waals surface area contributed by atoms with Crippen LogP contribution in [-0.2, 0) is 4.79 Å². The third-order valence-corrected chi connectivity index (χ3v) is 5.42. The normalized spacial score (nSPS) is 26.4. The number of carbonyl (C=O) groups excluding carboxylic acids is 1. The number of amides is 1. The van der Waals surface area contributed by atoms with Gasteiger partial charge < -0.3 is 19.8 Å². The fourth-order valence-corrected chi connectivity index (χ4v) is 3.97. The maximum Gasteiger partial charge on any atom is 0.313 e. The molecule has 1 N–H and O–H groups in total. The molecule has 0 unspecified atom stereocenters. The van der Waals surface area contributed by atoms with Crippen molar-refractivity contribution in [2.75, 3.05) is 52.2 Å². The van der Waals surface area contributed by atoms with Gasteiger partial charge >= 0.3 is 5.97 Å². The summed E-state index contributed by atoms with van der Waals surface area (Å²) >= 11 is 0. The molecule has 2 aliphatic heterocycles. The van der Waals surface area contributed by atoms with Crippen LogP contribution in [-0.4, -0.2) is 84.1 Å². The number of nitrogens with zero attached hydrogens (tertiary/aromatic N) is 5. The first-order valence-corrected chi connectivity index (χ1v) is 8.47. The first kappa shape index (κ1) is 17.6. The summed E-state index contributed by atoms with van der Waals surface area (Å²) in [6.45, 7) is 3.85. The molecule has 0 saturated carbocycles. The van der Waals surface area contributed by atoms with Crippen LogP contribution in [0.2, 0.25) is 0 Å². The van der Waals surface area contributed by atoms with Gasteiger partial charge in [-0.2, -0.15) is 0 Å². The Morgan fingerprint density at radius 2 is 2.08 bits per heavy atom. The summed E-state index contributed by atoms with van der Waals surface area (Å²) in [6.07, 6.45) is 2.34. The minimum atomic E-state index is -0.874. The third kappa shape index (κ3) is 2.95. The molecule has 2 aliphatic rings. The molecule has 2 saturated heterocycles. The zero-order chi connectivity index (χ0) is 18.4. The molecule has 1 amide bonds. The van der Waals surface area contributed by atoms with Crippen LogP contribution < -0.4 is 4.90 Å². The Kier molecular flexibility index (Phi) is 4.40. The van der Waals surface area contributed by atoms with Crippen molar-refractivity contribution in [1.29, 1.82) is 0 Å². The lowest BCUT2D eigenvalue weighted by Gasteiger charge is -2.39. The van der Waals surface area contributed by atoms with E-state index in [9.17, 15) is 14.7 Å². The Labute approximate surface area is 147 Å². The highest BCUT2D eigenvalue weighted by atomic mass is 16.4. The van der Waals surface area contributed by atoms with Crippen molar-refractivity contribution >= 4 is 17.8 Å². The van der Waals surface area contributed by atoms with Gasteiger partial charge in [-0.15, -0.1) is 0 Å². The number of piperidine rings is 1. The Bertz CT molecular complexity index is 708. The predicted octanol–water partition coefficient (Wildman–Crippen LogP) is 0.330. The topological polar surface area (TPSA) is 89.9 Å². The smallest absolute Gasteiger partial charge is 0.313 e. The second-order valence-corrected chi connectivity index (χ2v) is 7.43. The number of anilines is 1. The minimum absolute atomic E-state index is 0.00702. The van der Waals surface area contributed by atoms with E-state index in [1.54, 1.807) is 22.9 Å². The molecule has 1 aromatic heterocycles. The van der Waals surface area contributed by atoms with Crippen molar-refractivity contribution in [2.24, 2.45) is 11.3 Å². The van der Waals surface area contributed by atoms with Gasteiger partial charge in [-0.25, -0.2) is 9.97 Å². The zero-order valence-corrected chi connectivity index (χ0v) is 15.2. The maximum absolute atomic E-state index is 13.0. The first-order valence-electron chi connectivity index (χ1n) is 8.47. The molecular weight excluding hydrogens is 322 g/mol. The van der Waals surface area contributed by atoms with Crippen LogP contribution in [0.4, 0.5) is 5.95 Å². The van der Waals surface area contributed by atoms with Crippen molar-refractivity contribution in [3.63, 3.8) is 0 Å². The molecular formula is C17H25N5O3. The van der Waals surface area contributed by atoms with Gasteiger partial charge in [0.2, 0.25) is 5.95 Å². The van der Waals surface area contributed by atoms with E-state index in [1.807, 2.05) is 26.0 Å². The van der Waals surface area contributed by atoms with Gasteiger partial charge in [-0.1, -0.05) is 0 Å². The molecule has 8 nitrogen and oxygen atoms in total. The van der Waals surface area contributed by atoms with Crippen molar-refractivity contribution in [1.82, 2.24) is 19.8 Å². The van der Waals surface area contributed by atoms with Crippen LogP contribution >= 0.6 is 0 Å². The Hall–Kier alpha value is -2.22. The number of aliphatic carboxylic acids is 1. The molecule has 3 heterocycles. The van der Waals surface area contributed by atoms with Crippen LogP contribution in [0.3, 0.4) is 0 Å². The maximum atomic E-state index is 13.0. The molecule has 2 atom stereocenters. The van der Waals surface area contributed by atoms with Crippen LogP contribution in [0.25, 0.3) is 0 Å². The number of aromatic nitrogens is 2. The van der Waals surface area contributed by atoms with Gasteiger partial charge in [0, 0.05) is 39.9 Å². The SMILES string of the molecule is Cc1nc(N(C)C)ncc1C(=O)N1C[C@@H]2CCN(C)C[C@]2(C(=O)O)C1. The fraction of sp³-hybridized carbons (Fsp3) is 0.647. The van der Waals surface area contributed by atoms with Gasteiger partial charge in [0.1, 0.15) is 5.41 Å². The average molecular weight is 347 g/mol. The third-order valence-electron chi connectivity index (χ3n) is 5.42. The number of carboxylic acid groups (broad SMARTS) is 1. The van der Waals surface area contributed by atoms with E-state index in [-0.39, 0.29) is 18.4 Å². The van der Waals surface area contributed by atoms with E-state index in [0.717, 1.165) is 13.0 Å². The van der Waals surface area contributed by atoms with Crippen molar-refractivity contribution in [3.05, 3.63) is 17.5 Å². The van der Waals surface area contributed by atoms with E-state index in [1.165, 1.54) is 0 Å².